The quantitative estimate of drug-likeness (QED) is 0.787. The molecule has 1 N–H and O–H groups in total. The van der Waals surface area contributed by atoms with Gasteiger partial charge in [0, 0.05) is 13.1 Å². The summed E-state index contributed by atoms with van der Waals surface area (Å²) < 4.78 is 0. The average molecular weight is 204 g/mol. The smallest absolute Gasteiger partial charge is 0.354 e. The van der Waals surface area contributed by atoms with Gasteiger partial charge in [0.25, 0.3) is 0 Å². The van der Waals surface area contributed by atoms with Crippen molar-refractivity contribution in [3.05, 3.63) is 23.9 Å². The molecule has 1 aliphatic heterocycles. The zero-order valence-electron chi connectivity index (χ0n) is 8.26. The first kappa shape index (κ1) is 8.71. The first-order valence-electron chi connectivity index (χ1n) is 5.19. The van der Waals surface area contributed by atoms with E-state index in [9.17, 15) is 4.79 Å². The average Bonchev–Trinajstić information content (AvgIpc) is 2.86. The first-order chi connectivity index (χ1) is 7.24. The minimum absolute atomic E-state index is 0.132. The SMILES string of the molecule is O=C(O)c1cccc(N2CC3CC3C2)n1. The molecule has 78 valence electrons. The maximum Gasteiger partial charge on any atom is 0.354 e. The van der Waals surface area contributed by atoms with Crippen LogP contribution in [-0.2, 0) is 0 Å². The van der Waals surface area contributed by atoms with Crippen LogP contribution in [0.4, 0.5) is 5.82 Å². The van der Waals surface area contributed by atoms with Crippen LogP contribution in [0.5, 0.6) is 0 Å². The molecule has 1 saturated heterocycles. The Kier molecular flexibility index (Phi) is 1.71. The van der Waals surface area contributed by atoms with Gasteiger partial charge in [-0.25, -0.2) is 9.78 Å². The fraction of sp³-hybridized carbons (Fsp3) is 0.455. The molecule has 4 nitrogen and oxygen atoms in total. The fourth-order valence-corrected chi connectivity index (χ4v) is 2.30. The van der Waals surface area contributed by atoms with E-state index in [0.717, 1.165) is 30.7 Å². The van der Waals surface area contributed by atoms with E-state index in [-0.39, 0.29) is 5.69 Å². The van der Waals surface area contributed by atoms with Gasteiger partial charge in [-0.15, -0.1) is 0 Å². The molecule has 0 spiro atoms. The Morgan fingerprint density at radius 3 is 2.80 bits per heavy atom. The van der Waals surface area contributed by atoms with Gasteiger partial charge in [-0.2, -0.15) is 0 Å². The van der Waals surface area contributed by atoms with Crippen molar-refractivity contribution in [1.82, 2.24) is 4.98 Å². The highest BCUT2D eigenvalue weighted by Gasteiger charge is 2.45. The van der Waals surface area contributed by atoms with Crippen LogP contribution in [0.15, 0.2) is 18.2 Å². The Labute approximate surface area is 87.5 Å². The molecule has 2 aliphatic rings. The number of rotatable bonds is 2. The van der Waals surface area contributed by atoms with Crippen molar-refractivity contribution in [2.45, 2.75) is 6.42 Å². The molecule has 0 amide bonds. The van der Waals surface area contributed by atoms with Crippen LogP contribution in [0.2, 0.25) is 0 Å². The monoisotopic (exact) mass is 204 g/mol. The van der Waals surface area contributed by atoms with Gasteiger partial charge < -0.3 is 10.0 Å². The number of hydrogen-bond donors (Lipinski definition) is 1. The summed E-state index contributed by atoms with van der Waals surface area (Å²) in [4.78, 5) is 17.1. The third-order valence-corrected chi connectivity index (χ3v) is 3.26. The molecule has 2 fully saturated rings. The number of anilines is 1. The number of aromatic nitrogens is 1. The molecule has 2 heterocycles. The van der Waals surface area contributed by atoms with Crippen LogP contribution in [0, 0.1) is 11.8 Å². The number of carbonyl (C=O) groups is 1. The highest BCUT2D eigenvalue weighted by atomic mass is 16.4. The molecule has 2 atom stereocenters. The topological polar surface area (TPSA) is 53.4 Å². The molecule has 4 heteroatoms. The highest BCUT2D eigenvalue weighted by Crippen LogP contribution is 2.45. The third kappa shape index (κ3) is 1.46. The maximum atomic E-state index is 10.8. The molecule has 1 aromatic rings. The van der Waals surface area contributed by atoms with Crippen molar-refractivity contribution in [3.63, 3.8) is 0 Å². The second-order valence-corrected chi connectivity index (χ2v) is 4.35. The summed E-state index contributed by atoms with van der Waals surface area (Å²) in [6.07, 6.45) is 1.34. The Balaban J connectivity index is 1.85. The first-order valence-corrected chi connectivity index (χ1v) is 5.19. The molecule has 2 unspecified atom stereocenters. The Hall–Kier alpha value is -1.58. The van der Waals surface area contributed by atoms with E-state index in [1.807, 2.05) is 6.07 Å². The van der Waals surface area contributed by atoms with Crippen LogP contribution in [-0.4, -0.2) is 29.1 Å². The Morgan fingerprint density at radius 1 is 1.40 bits per heavy atom. The molecule has 0 aromatic carbocycles. The van der Waals surface area contributed by atoms with E-state index in [0.29, 0.717) is 0 Å². The van der Waals surface area contributed by atoms with E-state index in [4.69, 9.17) is 5.11 Å². The van der Waals surface area contributed by atoms with Crippen LogP contribution in [0.3, 0.4) is 0 Å². The number of carboxylic acids is 1. The van der Waals surface area contributed by atoms with Gasteiger partial charge in [0.2, 0.25) is 0 Å². The minimum Gasteiger partial charge on any atom is -0.477 e. The molecular weight excluding hydrogens is 192 g/mol. The van der Waals surface area contributed by atoms with Crippen LogP contribution in [0.1, 0.15) is 16.9 Å². The van der Waals surface area contributed by atoms with Crippen LogP contribution < -0.4 is 4.90 Å². The second kappa shape index (κ2) is 2.95. The van der Waals surface area contributed by atoms with Gasteiger partial charge in [-0.1, -0.05) is 6.07 Å². The lowest BCUT2D eigenvalue weighted by Crippen LogP contribution is -2.23. The van der Waals surface area contributed by atoms with E-state index in [1.54, 1.807) is 6.07 Å². The van der Waals surface area contributed by atoms with Crippen LogP contribution in [0.25, 0.3) is 0 Å². The minimum atomic E-state index is -0.957. The maximum absolute atomic E-state index is 10.8. The van der Waals surface area contributed by atoms with Crippen molar-refractivity contribution in [2.24, 2.45) is 11.8 Å². The summed E-state index contributed by atoms with van der Waals surface area (Å²) in [6.45, 7) is 2.08. The summed E-state index contributed by atoms with van der Waals surface area (Å²) >= 11 is 0. The molecule has 1 aliphatic carbocycles. The largest absolute Gasteiger partial charge is 0.477 e. The summed E-state index contributed by atoms with van der Waals surface area (Å²) in [7, 11) is 0. The fourth-order valence-electron chi connectivity index (χ4n) is 2.30. The molecule has 0 radical (unpaired) electrons. The zero-order chi connectivity index (χ0) is 10.4. The van der Waals surface area contributed by atoms with E-state index in [1.165, 1.54) is 12.5 Å². The van der Waals surface area contributed by atoms with Gasteiger partial charge in [0.1, 0.15) is 5.82 Å². The molecule has 3 rings (SSSR count). The summed E-state index contributed by atoms with van der Waals surface area (Å²) in [6, 6.07) is 5.18. The number of carboxylic acid groups (broad SMARTS) is 1. The molecule has 1 saturated carbocycles. The summed E-state index contributed by atoms with van der Waals surface area (Å²) in [5, 5.41) is 8.83. The number of nitrogens with zero attached hydrogens (tertiary/aromatic N) is 2. The van der Waals surface area contributed by atoms with Gasteiger partial charge in [0.05, 0.1) is 0 Å². The standard InChI is InChI=1S/C11H12N2O2/c14-11(15)9-2-1-3-10(12-9)13-5-7-4-8(7)6-13/h1-3,7-8H,4-6H2,(H,14,15). The van der Waals surface area contributed by atoms with E-state index >= 15 is 0 Å². The van der Waals surface area contributed by atoms with Crippen molar-refractivity contribution in [1.29, 1.82) is 0 Å². The molecule has 0 bridgehead atoms. The lowest BCUT2D eigenvalue weighted by Gasteiger charge is -2.18. The normalized spacial score (nSPS) is 27.6. The predicted octanol–water partition coefficient (Wildman–Crippen LogP) is 1.24. The van der Waals surface area contributed by atoms with Gasteiger partial charge in [0.15, 0.2) is 5.69 Å². The zero-order valence-corrected chi connectivity index (χ0v) is 8.26. The van der Waals surface area contributed by atoms with Gasteiger partial charge in [-0.3, -0.25) is 0 Å². The number of piperidine rings is 1. The summed E-state index contributed by atoms with van der Waals surface area (Å²) in [5.41, 5.74) is 0.132. The summed E-state index contributed by atoms with van der Waals surface area (Å²) in [5.74, 6) is 1.52. The highest BCUT2D eigenvalue weighted by molar-refractivity contribution is 5.85. The Morgan fingerprint density at radius 2 is 2.13 bits per heavy atom. The van der Waals surface area contributed by atoms with Crippen molar-refractivity contribution in [2.75, 3.05) is 18.0 Å². The predicted molar refractivity (Wildman–Crippen MR) is 55.0 cm³/mol. The van der Waals surface area contributed by atoms with Gasteiger partial charge >= 0.3 is 5.97 Å². The number of pyridine rings is 1. The number of aromatic carboxylic acids is 1. The molecule has 1 aromatic heterocycles. The van der Waals surface area contributed by atoms with Crippen molar-refractivity contribution in [3.8, 4) is 0 Å². The van der Waals surface area contributed by atoms with Crippen molar-refractivity contribution < 1.29 is 9.90 Å². The lowest BCUT2D eigenvalue weighted by molar-refractivity contribution is 0.0690. The second-order valence-electron chi connectivity index (χ2n) is 4.35. The van der Waals surface area contributed by atoms with Gasteiger partial charge in [-0.05, 0) is 30.4 Å². The molecule has 15 heavy (non-hydrogen) atoms. The van der Waals surface area contributed by atoms with E-state index in [2.05, 4.69) is 9.88 Å². The third-order valence-electron chi connectivity index (χ3n) is 3.26. The van der Waals surface area contributed by atoms with Crippen LogP contribution >= 0.6 is 0 Å². The Bertz CT molecular complexity index is 409. The van der Waals surface area contributed by atoms with E-state index < -0.39 is 5.97 Å². The van der Waals surface area contributed by atoms with Crippen molar-refractivity contribution >= 4 is 11.8 Å². The lowest BCUT2D eigenvalue weighted by atomic mass is 10.3. The molecular formula is C11H12N2O2. The number of fused-ring (bicyclic) bond motifs is 1. The number of hydrogen-bond acceptors (Lipinski definition) is 3.